The lowest BCUT2D eigenvalue weighted by Gasteiger charge is -2.14. The molecule has 8 heteroatoms. The van der Waals surface area contributed by atoms with E-state index in [-0.39, 0.29) is 30.0 Å². The Labute approximate surface area is 149 Å². The van der Waals surface area contributed by atoms with Gasteiger partial charge in [0, 0.05) is 19.7 Å². The molecule has 1 aliphatic rings. The van der Waals surface area contributed by atoms with Crippen molar-refractivity contribution in [2.75, 3.05) is 13.2 Å². The van der Waals surface area contributed by atoms with Crippen molar-refractivity contribution >= 4 is 27.5 Å². The Hall–Kier alpha value is -1.93. The van der Waals surface area contributed by atoms with Gasteiger partial charge in [-0.05, 0) is 30.2 Å². The lowest BCUT2D eigenvalue weighted by atomic mass is 10.2. The maximum atomic E-state index is 12.8. The van der Waals surface area contributed by atoms with E-state index in [2.05, 4.69) is 5.32 Å². The summed E-state index contributed by atoms with van der Waals surface area (Å²) < 4.78 is 8.62. The number of nitrogens with zero attached hydrogens (tertiary/aromatic N) is 2. The Balaban J connectivity index is 1.86. The Morgan fingerprint density at radius 1 is 1.40 bits per heavy atom. The molecule has 1 N–H and O–H groups in total. The molecule has 0 bridgehead atoms. The summed E-state index contributed by atoms with van der Waals surface area (Å²) in [6.45, 7) is 5.31. The fraction of sp³-hybridized carbons (Fsp3) is 0.588. The molecule has 2 aromatic rings. The molecule has 1 aliphatic heterocycles. The molecule has 1 amide bonds. The van der Waals surface area contributed by atoms with Crippen LogP contribution in [0.15, 0.2) is 21.0 Å². The van der Waals surface area contributed by atoms with E-state index in [1.165, 1.54) is 20.5 Å². The van der Waals surface area contributed by atoms with Gasteiger partial charge in [-0.15, -0.1) is 11.3 Å². The van der Waals surface area contributed by atoms with Gasteiger partial charge in [-0.1, -0.05) is 13.8 Å². The van der Waals surface area contributed by atoms with Crippen molar-refractivity contribution in [1.82, 2.24) is 14.5 Å². The molecule has 1 atom stereocenters. The van der Waals surface area contributed by atoms with Gasteiger partial charge in [0.1, 0.15) is 11.2 Å². The number of hydrogen-bond acceptors (Lipinski definition) is 5. The third kappa shape index (κ3) is 3.85. The van der Waals surface area contributed by atoms with E-state index in [0.29, 0.717) is 23.3 Å². The van der Waals surface area contributed by atoms with Crippen LogP contribution in [0.3, 0.4) is 0 Å². The molecule has 3 heterocycles. The number of ether oxygens (including phenoxy) is 1. The van der Waals surface area contributed by atoms with Crippen LogP contribution in [0.4, 0.5) is 0 Å². The Morgan fingerprint density at radius 3 is 2.88 bits per heavy atom. The van der Waals surface area contributed by atoms with Crippen molar-refractivity contribution in [3.63, 3.8) is 0 Å². The molecule has 0 unspecified atom stereocenters. The first-order valence-corrected chi connectivity index (χ1v) is 9.44. The summed E-state index contributed by atoms with van der Waals surface area (Å²) >= 11 is 1.29. The molecule has 136 valence electrons. The molecule has 0 aliphatic carbocycles. The van der Waals surface area contributed by atoms with Crippen LogP contribution in [0, 0.1) is 5.92 Å². The molecule has 7 nitrogen and oxygen atoms in total. The summed E-state index contributed by atoms with van der Waals surface area (Å²) in [4.78, 5) is 37.6. The highest BCUT2D eigenvalue weighted by molar-refractivity contribution is 7.17. The van der Waals surface area contributed by atoms with Crippen LogP contribution < -0.4 is 16.6 Å². The van der Waals surface area contributed by atoms with Crippen LogP contribution in [0.2, 0.25) is 0 Å². The molecule has 25 heavy (non-hydrogen) atoms. The highest BCUT2D eigenvalue weighted by atomic mass is 32.1. The topological polar surface area (TPSA) is 82.3 Å². The van der Waals surface area contributed by atoms with Crippen LogP contribution in [0.1, 0.15) is 26.7 Å². The number of aromatic nitrogens is 2. The van der Waals surface area contributed by atoms with E-state index < -0.39 is 5.69 Å². The van der Waals surface area contributed by atoms with Crippen molar-refractivity contribution in [2.45, 2.75) is 45.9 Å². The van der Waals surface area contributed by atoms with Crippen LogP contribution in [0.25, 0.3) is 10.2 Å². The van der Waals surface area contributed by atoms with Gasteiger partial charge in [0.15, 0.2) is 0 Å². The van der Waals surface area contributed by atoms with Crippen LogP contribution in [-0.2, 0) is 22.6 Å². The molecular weight excluding hydrogens is 342 g/mol. The van der Waals surface area contributed by atoms with E-state index in [0.717, 1.165) is 19.4 Å². The largest absolute Gasteiger partial charge is 0.376 e. The molecule has 0 aromatic carbocycles. The van der Waals surface area contributed by atoms with Gasteiger partial charge in [0.2, 0.25) is 5.91 Å². The zero-order valence-electron chi connectivity index (χ0n) is 14.5. The van der Waals surface area contributed by atoms with E-state index in [1.807, 2.05) is 13.8 Å². The first-order valence-electron chi connectivity index (χ1n) is 8.56. The standard InChI is InChI=1S/C17H23N3O4S/c1-11(2)9-20-16(22)15-13(5-7-25-15)19(17(20)23)10-14(21)18-8-12-4-3-6-24-12/h5,7,11-12H,3-4,6,8-10H2,1-2H3,(H,18,21)/t12-/m1/s1. The van der Waals surface area contributed by atoms with Crippen LogP contribution in [0.5, 0.6) is 0 Å². The second kappa shape index (κ2) is 7.53. The minimum atomic E-state index is -0.433. The third-order valence-electron chi connectivity index (χ3n) is 4.24. The maximum absolute atomic E-state index is 12.8. The monoisotopic (exact) mass is 365 g/mol. The van der Waals surface area contributed by atoms with Crippen LogP contribution >= 0.6 is 11.3 Å². The maximum Gasteiger partial charge on any atom is 0.332 e. The minimum Gasteiger partial charge on any atom is -0.376 e. The molecule has 0 saturated carbocycles. The molecule has 0 spiro atoms. The highest BCUT2D eigenvalue weighted by Gasteiger charge is 2.19. The number of carbonyl (C=O) groups excluding carboxylic acids is 1. The Bertz CT molecular complexity index is 874. The Morgan fingerprint density at radius 2 is 2.20 bits per heavy atom. The predicted molar refractivity (Wildman–Crippen MR) is 97.2 cm³/mol. The summed E-state index contributed by atoms with van der Waals surface area (Å²) in [5.74, 6) is -0.0931. The predicted octanol–water partition coefficient (Wildman–Crippen LogP) is 1.18. The normalized spacial score (nSPS) is 17.5. The van der Waals surface area contributed by atoms with E-state index >= 15 is 0 Å². The first kappa shape index (κ1) is 17.9. The van der Waals surface area contributed by atoms with E-state index in [4.69, 9.17) is 4.74 Å². The quantitative estimate of drug-likeness (QED) is 0.833. The minimum absolute atomic E-state index is 0.0525. The van der Waals surface area contributed by atoms with Crippen molar-refractivity contribution in [3.8, 4) is 0 Å². The molecule has 1 saturated heterocycles. The summed E-state index contributed by atoms with van der Waals surface area (Å²) in [7, 11) is 0. The first-order chi connectivity index (χ1) is 12.0. The number of amides is 1. The highest BCUT2D eigenvalue weighted by Crippen LogP contribution is 2.15. The molecule has 2 aromatic heterocycles. The van der Waals surface area contributed by atoms with Gasteiger partial charge in [-0.25, -0.2) is 4.79 Å². The van der Waals surface area contributed by atoms with Crippen molar-refractivity contribution < 1.29 is 9.53 Å². The average molecular weight is 365 g/mol. The Kier molecular flexibility index (Phi) is 5.39. The molecular formula is C17H23N3O4S. The number of rotatable bonds is 6. The van der Waals surface area contributed by atoms with E-state index in [1.54, 1.807) is 11.4 Å². The summed E-state index contributed by atoms with van der Waals surface area (Å²) in [6.07, 6.45) is 2.00. The summed E-state index contributed by atoms with van der Waals surface area (Å²) in [5, 5.41) is 4.59. The molecule has 1 fully saturated rings. The van der Waals surface area contributed by atoms with Crippen molar-refractivity contribution in [2.24, 2.45) is 5.92 Å². The molecule has 3 rings (SSSR count). The number of carbonyl (C=O) groups is 1. The van der Waals surface area contributed by atoms with E-state index in [9.17, 15) is 14.4 Å². The smallest absolute Gasteiger partial charge is 0.332 e. The number of hydrogen-bond donors (Lipinski definition) is 1. The van der Waals surface area contributed by atoms with Gasteiger partial charge in [-0.3, -0.25) is 18.7 Å². The number of fused-ring (bicyclic) bond motifs is 1. The van der Waals surface area contributed by atoms with Gasteiger partial charge in [0.25, 0.3) is 5.56 Å². The van der Waals surface area contributed by atoms with Crippen molar-refractivity contribution in [1.29, 1.82) is 0 Å². The summed E-state index contributed by atoms with van der Waals surface area (Å²) in [5.41, 5.74) is -0.191. The second-order valence-electron chi connectivity index (χ2n) is 6.75. The zero-order valence-corrected chi connectivity index (χ0v) is 15.3. The SMILES string of the molecule is CC(C)Cn1c(=O)c2sccc2n(CC(=O)NC[C@H]2CCCO2)c1=O. The third-order valence-corrected chi connectivity index (χ3v) is 5.13. The number of thiophene rings is 1. The fourth-order valence-corrected chi connectivity index (χ4v) is 3.89. The van der Waals surface area contributed by atoms with Gasteiger partial charge in [-0.2, -0.15) is 0 Å². The average Bonchev–Trinajstić information content (AvgIpc) is 3.24. The van der Waals surface area contributed by atoms with Gasteiger partial charge >= 0.3 is 5.69 Å². The lowest BCUT2D eigenvalue weighted by molar-refractivity contribution is -0.122. The lowest BCUT2D eigenvalue weighted by Crippen LogP contribution is -2.43. The van der Waals surface area contributed by atoms with Gasteiger partial charge in [0.05, 0.1) is 11.6 Å². The van der Waals surface area contributed by atoms with Gasteiger partial charge < -0.3 is 10.1 Å². The number of nitrogens with one attached hydrogen (secondary N) is 1. The van der Waals surface area contributed by atoms with Crippen molar-refractivity contribution in [3.05, 3.63) is 32.3 Å². The fourth-order valence-electron chi connectivity index (χ4n) is 3.04. The zero-order chi connectivity index (χ0) is 18.0. The second-order valence-corrected chi connectivity index (χ2v) is 7.67. The summed E-state index contributed by atoms with van der Waals surface area (Å²) in [6, 6.07) is 1.72. The molecule has 0 radical (unpaired) electrons. The van der Waals surface area contributed by atoms with Crippen LogP contribution in [-0.4, -0.2) is 34.3 Å².